The van der Waals surface area contributed by atoms with Crippen LogP contribution >= 0.6 is 0 Å². The lowest BCUT2D eigenvalue weighted by atomic mass is 9.43. The molecule has 1 aromatic heterocycles. The number of anilines is 2. The van der Waals surface area contributed by atoms with Crippen LogP contribution in [0.15, 0.2) is 115 Å². The van der Waals surface area contributed by atoms with Gasteiger partial charge >= 0.3 is 6.85 Å². The Balaban J connectivity index is 1.42. The molecule has 3 heteroatoms. The number of benzene rings is 6. The van der Waals surface area contributed by atoms with Crippen LogP contribution in [0.25, 0.3) is 49.6 Å². The first kappa shape index (κ1) is 24.4. The minimum Gasteiger partial charge on any atom is -0.376 e. The molecule has 0 saturated carbocycles. The number of aryl methyl sites for hydroxylation is 2. The van der Waals surface area contributed by atoms with E-state index in [0.29, 0.717) is 0 Å². The molecule has 0 spiro atoms. The summed E-state index contributed by atoms with van der Waals surface area (Å²) in [4.78, 5) is 2.62. The van der Waals surface area contributed by atoms with Gasteiger partial charge < -0.3 is 9.38 Å². The lowest BCUT2D eigenvalue weighted by Gasteiger charge is -2.43. The summed E-state index contributed by atoms with van der Waals surface area (Å²) in [6, 6.07) is 43.6. The van der Waals surface area contributed by atoms with E-state index in [9.17, 15) is 0 Å². The Morgan fingerprint density at radius 2 is 1.39 bits per heavy atom. The number of aromatic nitrogens is 1. The first-order valence-corrected chi connectivity index (χ1v) is 15.7. The van der Waals surface area contributed by atoms with Crippen molar-refractivity contribution >= 4 is 50.8 Å². The predicted molar refractivity (Wildman–Crippen MR) is 187 cm³/mol. The van der Waals surface area contributed by atoms with Gasteiger partial charge in [-0.2, -0.15) is 0 Å². The Hall–Kier alpha value is -5.02. The van der Waals surface area contributed by atoms with Crippen LogP contribution < -0.4 is 15.7 Å². The number of hydrogen-bond donors (Lipinski definition) is 0. The largest absolute Gasteiger partial charge is 0.376 e. The molecule has 6 aromatic carbocycles. The van der Waals surface area contributed by atoms with Crippen LogP contribution in [-0.2, 0) is 5.41 Å². The maximum Gasteiger partial charge on any atom is 0.333 e. The van der Waals surface area contributed by atoms with Gasteiger partial charge in [0, 0.05) is 44.7 Å². The van der Waals surface area contributed by atoms with Crippen molar-refractivity contribution in [3.05, 3.63) is 138 Å². The Bertz CT molecular complexity index is 2390. The number of rotatable bonds is 1. The minimum absolute atomic E-state index is 0.0570. The molecule has 0 bridgehead atoms. The fourth-order valence-electron chi connectivity index (χ4n) is 8.82. The molecule has 44 heavy (non-hydrogen) atoms. The van der Waals surface area contributed by atoms with Crippen LogP contribution in [-0.4, -0.2) is 11.4 Å². The predicted octanol–water partition coefficient (Wildman–Crippen LogP) is 8.94. The van der Waals surface area contributed by atoms with Crippen molar-refractivity contribution in [2.45, 2.75) is 33.1 Å². The van der Waals surface area contributed by atoms with E-state index in [1.165, 1.54) is 94.3 Å². The van der Waals surface area contributed by atoms with Gasteiger partial charge in [-0.25, -0.2) is 0 Å². The van der Waals surface area contributed by atoms with Crippen molar-refractivity contribution in [1.82, 2.24) is 4.57 Å². The second-order valence-electron chi connectivity index (χ2n) is 13.5. The molecule has 0 amide bonds. The van der Waals surface area contributed by atoms with Crippen LogP contribution in [0.1, 0.15) is 36.2 Å². The van der Waals surface area contributed by atoms with Crippen LogP contribution in [0, 0.1) is 13.8 Å². The van der Waals surface area contributed by atoms with E-state index in [1.807, 2.05) is 0 Å². The number of para-hydroxylation sites is 1. The highest BCUT2D eigenvalue weighted by atomic mass is 15.1. The van der Waals surface area contributed by atoms with Gasteiger partial charge in [-0.1, -0.05) is 110 Å². The van der Waals surface area contributed by atoms with Gasteiger partial charge in [0.1, 0.15) is 0 Å². The van der Waals surface area contributed by atoms with Gasteiger partial charge in [-0.15, -0.1) is 0 Å². The zero-order valence-corrected chi connectivity index (χ0v) is 25.4. The molecule has 2 nitrogen and oxygen atoms in total. The Kier molecular flexibility index (Phi) is 4.51. The maximum absolute atomic E-state index is 2.66. The molecule has 3 aliphatic rings. The topological polar surface area (TPSA) is 8.17 Å². The SMILES string of the molecule is Cc1ccc(N2B3c4c(cc(C)cc4-n4c5c(c6cccc3c64)-c3ccccc3C5(C)C)-c3c2ccc2ccccc32)cc1. The van der Waals surface area contributed by atoms with Gasteiger partial charge in [0.25, 0.3) is 0 Å². The molecule has 208 valence electrons. The summed E-state index contributed by atoms with van der Waals surface area (Å²) >= 11 is 0. The first-order chi connectivity index (χ1) is 21.4. The Morgan fingerprint density at radius 3 is 2.25 bits per heavy atom. The third-order valence-corrected chi connectivity index (χ3v) is 10.6. The summed E-state index contributed by atoms with van der Waals surface area (Å²) in [5.41, 5.74) is 18.7. The second kappa shape index (κ2) is 8.12. The highest BCUT2D eigenvalue weighted by molar-refractivity contribution is 6.93. The van der Waals surface area contributed by atoms with E-state index in [2.05, 4.69) is 152 Å². The summed E-state index contributed by atoms with van der Waals surface area (Å²) in [6.07, 6.45) is 0. The molecule has 0 fully saturated rings. The molecule has 0 atom stereocenters. The molecule has 0 N–H and O–H groups in total. The van der Waals surface area contributed by atoms with E-state index >= 15 is 0 Å². The van der Waals surface area contributed by atoms with Crippen LogP contribution in [0.5, 0.6) is 0 Å². The van der Waals surface area contributed by atoms with Crippen molar-refractivity contribution in [2.24, 2.45) is 0 Å². The molecule has 10 rings (SSSR count). The average Bonchev–Trinajstić information content (AvgIpc) is 3.51. The molecular formula is C41H31BN2. The first-order valence-electron chi connectivity index (χ1n) is 15.7. The van der Waals surface area contributed by atoms with Gasteiger partial charge in [0.15, 0.2) is 0 Å². The molecular weight excluding hydrogens is 531 g/mol. The van der Waals surface area contributed by atoms with Crippen molar-refractivity contribution < 1.29 is 0 Å². The lowest BCUT2D eigenvalue weighted by Crippen LogP contribution is -2.60. The number of nitrogens with zero attached hydrogens (tertiary/aromatic N) is 2. The van der Waals surface area contributed by atoms with Crippen LogP contribution in [0.2, 0.25) is 0 Å². The van der Waals surface area contributed by atoms with Gasteiger partial charge in [0.05, 0.1) is 5.52 Å². The number of hydrogen-bond acceptors (Lipinski definition) is 1. The monoisotopic (exact) mass is 562 g/mol. The third kappa shape index (κ3) is 2.83. The van der Waals surface area contributed by atoms with Crippen LogP contribution in [0.4, 0.5) is 11.4 Å². The van der Waals surface area contributed by atoms with Gasteiger partial charge in [-0.3, -0.25) is 0 Å². The Labute approximate surface area is 258 Å². The standard InChI is InChI=1S/C41H31BN2/c1-24-16-19-27(20-17-24)44-34-21-18-26-10-5-6-11-28(26)36(34)31-22-25(2)23-35-38(31)42(44)33-15-9-13-30-37-29-12-7-8-14-32(29)41(3,4)40(37)43(35)39(30)33/h5-23H,1-4H3. The fourth-order valence-corrected chi connectivity index (χ4v) is 8.82. The molecule has 2 aliphatic heterocycles. The molecule has 0 saturated heterocycles. The Morgan fingerprint density at radius 1 is 0.614 bits per heavy atom. The summed E-state index contributed by atoms with van der Waals surface area (Å²) in [7, 11) is 0. The van der Waals surface area contributed by atoms with Gasteiger partial charge in [0.2, 0.25) is 0 Å². The zero-order valence-electron chi connectivity index (χ0n) is 25.4. The van der Waals surface area contributed by atoms with E-state index in [0.717, 1.165) is 0 Å². The average molecular weight is 563 g/mol. The van der Waals surface area contributed by atoms with E-state index in [1.54, 1.807) is 0 Å². The summed E-state index contributed by atoms with van der Waals surface area (Å²) < 4.78 is 2.66. The fraction of sp³-hybridized carbons (Fsp3) is 0.122. The second-order valence-corrected chi connectivity index (χ2v) is 13.5. The number of fused-ring (bicyclic) bond motifs is 11. The molecule has 3 heterocycles. The van der Waals surface area contributed by atoms with Crippen molar-refractivity contribution in [3.63, 3.8) is 0 Å². The smallest absolute Gasteiger partial charge is 0.333 e. The quantitative estimate of drug-likeness (QED) is 0.181. The molecule has 7 aromatic rings. The van der Waals surface area contributed by atoms with E-state index < -0.39 is 0 Å². The lowest BCUT2D eigenvalue weighted by molar-refractivity contribution is 0.624. The van der Waals surface area contributed by atoms with E-state index in [-0.39, 0.29) is 12.3 Å². The molecule has 1 aliphatic carbocycles. The van der Waals surface area contributed by atoms with Gasteiger partial charge in [-0.05, 0) is 82.1 Å². The van der Waals surface area contributed by atoms with Crippen LogP contribution in [0.3, 0.4) is 0 Å². The summed E-state index contributed by atoms with van der Waals surface area (Å²) in [5.74, 6) is 0. The van der Waals surface area contributed by atoms with Crippen molar-refractivity contribution in [1.29, 1.82) is 0 Å². The van der Waals surface area contributed by atoms with E-state index in [4.69, 9.17) is 0 Å². The third-order valence-electron chi connectivity index (χ3n) is 10.6. The zero-order chi connectivity index (χ0) is 29.5. The summed E-state index contributed by atoms with van der Waals surface area (Å²) in [5, 5.41) is 3.95. The molecule has 0 radical (unpaired) electrons. The van der Waals surface area contributed by atoms with Crippen molar-refractivity contribution in [3.8, 4) is 27.9 Å². The summed E-state index contributed by atoms with van der Waals surface area (Å²) in [6.45, 7) is 9.32. The maximum atomic E-state index is 2.66. The minimum atomic E-state index is -0.123. The van der Waals surface area contributed by atoms with Crippen molar-refractivity contribution in [2.75, 3.05) is 4.81 Å². The highest BCUT2D eigenvalue weighted by Gasteiger charge is 2.48. The highest BCUT2D eigenvalue weighted by Crippen LogP contribution is 2.55. The molecule has 0 unspecified atom stereocenters. The normalized spacial score (nSPS) is 14.9.